The average Bonchev–Trinajstić information content (AvgIpc) is 2.80. The summed E-state index contributed by atoms with van der Waals surface area (Å²) in [7, 11) is -8.12. The Hall–Kier alpha value is -3.47. The number of ether oxygens (including phenoxy) is 1. The Morgan fingerprint density at radius 3 is 2.13 bits per heavy atom. The molecule has 0 aliphatic heterocycles. The minimum absolute atomic E-state index is 0.0608. The van der Waals surface area contributed by atoms with Crippen LogP contribution in [-0.4, -0.2) is 48.0 Å². The van der Waals surface area contributed by atoms with Gasteiger partial charge in [0.05, 0.1) is 24.2 Å². The number of aromatic nitrogens is 3. The number of rotatable bonds is 7. The fraction of sp³-hybridized carbons (Fsp3) is 0.0952. The molecule has 0 fully saturated rings. The molecule has 0 amide bonds. The summed E-state index contributed by atoms with van der Waals surface area (Å²) < 4.78 is 72.5. The minimum Gasteiger partial charge on any atom is -0.494 e. The summed E-state index contributed by atoms with van der Waals surface area (Å²) in [6, 6.07) is 8.98. The second-order valence-electron chi connectivity index (χ2n) is 7.61. The zero-order chi connectivity index (χ0) is 27.8. The van der Waals surface area contributed by atoms with Crippen LogP contribution in [0, 0.1) is 6.92 Å². The van der Waals surface area contributed by atoms with Crippen molar-refractivity contribution >= 4 is 77.2 Å². The lowest BCUT2D eigenvalue weighted by molar-refractivity contribution is 0.417. The standard InChI is InChI=1S/C21H16Cl2N6O7S2/c1-10-6-15(24-21-26-19(22)25-20(23)27-21)16(36-2)9-14(10)29-28-11-7-13-12(18(8-11)38(33,34)35)4-3-5-17(13)37(30,31)32/h3-9H,1-2H3,(H,30,31,32)(H,33,34,35)(H,24,25,26,27). The van der Waals surface area contributed by atoms with Gasteiger partial charge in [-0.25, -0.2) is 0 Å². The summed E-state index contributed by atoms with van der Waals surface area (Å²) in [6.07, 6.45) is 0. The quantitative estimate of drug-likeness (QED) is 0.184. The lowest BCUT2D eigenvalue weighted by Crippen LogP contribution is -2.03. The number of nitrogens with zero attached hydrogens (tertiary/aromatic N) is 5. The van der Waals surface area contributed by atoms with Crippen LogP contribution in [0.1, 0.15) is 5.56 Å². The van der Waals surface area contributed by atoms with Gasteiger partial charge in [0.25, 0.3) is 20.2 Å². The van der Waals surface area contributed by atoms with Crippen molar-refractivity contribution in [1.82, 2.24) is 15.0 Å². The van der Waals surface area contributed by atoms with Gasteiger partial charge in [0.2, 0.25) is 16.5 Å². The van der Waals surface area contributed by atoms with Gasteiger partial charge < -0.3 is 10.1 Å². The van der Waals surface area contributed by atoms with Crippen LogP contribution in [0.4, 0.5) is 23.0 Å². The molecule has 0 aliphatic carbocycles. The van der Waals surface area contributed by atoms with E-state index < -0.39 is 30.0 Å². The highest BCUT2D eigenvalue weighted by atomic mass is 35.5. The van der Waals surface area contributed by atoms with Crippen LogP contribution in [0.25, 0.3) is 10.8 Å². The third-order valence-electron chi connectivity index (χ3n) is 5.08. The summed E-state index contributed by atoms with van der Waals surface area (Å²) in [5.41, 5.74) is 1.20. The fourth-order valence-electron chi connectivity index (χ4n) is 3.47. The van der Waals surface area contributed by atoms with Crippen LogP contribution in [0.2, 0.25) is 10.6 Å². The second-order valence-corrected chi connectivity index (χ2v) is 11.1. The molecule has 0 radical (unpaired) electrons. The molecule has 0 bridgehead atoms. The molecular weight excluding hydrogens is 583 g/mol. The number of hydrogen-bond donors (Lipinski definition) is 3. The summed E-state index contributed by atoms with van der Waals surface area (Å²) >= 11 is 11.6. The van der Waals surface area contributed by atoms with Gasteiger partial charge in [-0.05, 0) is 60.0 Å². The molecular formula is C21H16Cl2N6O7S2. The molecule has 1 heterocycles. The number of nitrogens with one attached hydrogen (secondary N) is 1. The third-order valence-corrected chi connectivity index (χ3v) is 7.22. The van der Waals surface area contributed by atoms with Gasteiger partial charge in [-0.2, -0.15) is 42.0 Å². The van der Waals surface area contributed by atoms with Crippen LogP contribution < -0.4 is 10.1 Å². The first-order valence-corrected chi connectivity index (χ1v) is 13.9. The summed E-state index contributed by atoms with van der Waals surface area (Å²) in [5.74, 6) is 0.355. The Kier molecular flexibility index (Phi) is 7.51. The molecule has 0 saturated heterocycles. The molecule has 0 spiro atoms. The molecule has 198 valence electrons. The van der Waals surface area contributed by atoms with Crippen molar-refractivity contribution < 1.29 is 30.7 Å². The summed E-state index contributed by atoms with van der Waals surface area (Å²) in [5, 5.41) is 10.5. The monoisotopic (exact) mass is 598 g/mol. The predicted molar refractivity (Wildman–Crippen MR) is 139 cm³/mol. The minimum atomic E-state index is -4.80. The van der Waals surface area contributed by atoms with Crippen molar-refractivity contribution in [2.24, 2.45) is 10.2 Å². The molecule has 13 nitrogen and oxygen atoms in total. The first-order chi connectivity index (χ1) is 17.8. The zero-order valence-corrected chi connectivity index (χ0v) is 22.4. The molecule has 0 saturated carbocycles. The maximum atomic E-state index is 12.0. The Morgan fingerprint density at radius 2 is 1.53 bits per heavy atom. The average molecular weight is 599 g/mol. The highest BCUT2D eigenvalue weighted by Crippen LogP contribution is 2.37. The van der Waals surface area contributed by atoms with Gasteiger partial charge in [-0.15, -0.1) is 0 Å². The van der Waals surface area contributed by atoms with E-state index in [4.69, 9.17) is 27.9 Å². The molecule has 0 unspecified atom stereocenters. The Labute approximate surface area is 226 Å². The maximum absolute atomic E-state index is 12.0. The van der Waals surface area contributed by atoms with E-state index in [1.54, 1.807) is 13.0 Å². The number of fused-ring (bicyclic) bond motifs is 1. The lowest BCUT2D eigenvalue weighted by atomic mass is 10.1. The van der Waals surface area contributed by atoms with E-state index >= 15 is 0 Å². The molecule has 0 atom stereocenters. The number of anilines is 2. The van der Waals surface area contributed by atoms with Gasteiger partial charge in [0.15, 0.2) is 0 Å². The maximum Gasteiger partial charge on any atom is 0.295 e. The van der Waals surface area contributed by atoms with Crippen molar-refractivity contribution in [3.8, 4) is 5.75 Å². The zero-order valence-electron chi connectivity index (χ0n) is 19.3. The SMILES string of the molecule is COc1cc(N=Nc2cc(S(=O)(=O)O)c3cccc(S(=O)(=O)O)c3c2)c(C)cc1Nc1nc(Cl)nc(Cl)n1. The summed E-state index contributed by atoms with van der Waals surface area (Å²) in [6.45, 7) is 1.70. The molecule has 4 rings (SSSR count). The van der Waals surface area contributed by atoms with E-state index in [0.29, 0.717) is 22.7 Å². The van der Waals surface area contributed by atoms with E-state index in [0.717, 1.165) is 12.1 Å². The second kappa shape index (κ2) is 10.4. The van der Waals surface area contributed by atoms with E-state index in [2.05, 4.69) is 30.5 Å². The Balaban J connectivity index is 1.79. The molecule has 1 aromatic heterocycles. The first kappa shape index (κ1) is 27.6. The van der Waals surface area contributed by atoms with Crippen molar-refractivity contribution in [3.63, 3.8) is 0 Å². The highest BCUT2D eigenvalue weighted by molar-refractivity contribution is 7.86. The third kappa shape index (κ3) is 5.98. The summed E-state index contributed by atoms with van der Waals surface area (Å²) in [4.78, 5) is 10.4. The number of halogens is 2. The molecule has 0 aliphatic rings. The number of methoxy groups -OCH3 is 1. The van der Waals surface area contributed by atoms with Gasteiger partial charge in [0, 0.05) is 16.8 Å². The predicted octanol–water partition coefficient (Wildman–Crippen LogP) is 5.30. The largest absolute Gasteiger partial charge is 0.494 e. The van der Waals surface area contributed by atoms with Crippen molar-refractivity contribution in [2.45, 2.75) is 16.7 Å². The Bertz CT molecular complexity index is 1810. The highest BCUT2D eigenvalue weighted by Gasteiger charge is 2.21. The molecule has 4 aromatic rings. The lowest BCUT2D eigenvalue weighted by Gasteiger charge is -2.12. The smallest absolute Gasteiger partial charge is 0.295 e. The molecule has 3 N–H and O–H groups in total. The number of aryl methyl sites for hydroxylation is 1. The van der Waals surface area contributed by atoms with E-state index in [1.807, 2.05) is 0 Å². The topological polar surface area (TPSA) is 193 Å². The van der Waals surface area contributed by atoms with E-state index in [9.17, 15) is 25.9 Å². The normalized spacial score (nSPS) is 12.3. The molecule has 17 heteroatoms. The van der Waals surface area contributed by atoms with Crippen molar-refractivity contribution in [1.29, 1.82) is 0 Å². The fourth-order valence-corrected chi connectivity index (χ4v) is 5.26. The van der Waals surface area contributed by atoms with Gasteiger partial charge >= 0.3 is 0 Å². The van der Waals surface area contributed by atoms with Gasteiger partial charge in [0.1, 0.15) is 15.5 Å². The molecule has 38 heavy (non-hydrogen) atoms. The van der Waals surface area contributed by atoms with Crippen molar-refractivity contribution in [3.05, 3.63) is 58.6 Å². The van der Waals surface area contributed by atoms with Crippen LogP contribution in [0.3, 0.4) is 0 Å². The number of hydrogen-bond acceptors (Lipinski definition) is 11. The van der Waals surface area contributed by atoms with E-state index in [-0.39, 0.29) is 33.0 Å². The van der Waals surface area contributed by atoms with E-state index in [1.165, 1.54) is 31.4 Å². The van der Waals surface area contributed by atoms with Crippen LogP contribution in [-0.2, 0) is 20.2 Å². The van der Waals surface area contributed by atoms with Crippen LogP contribution in [0.15, 0.2) is 62.5 Å². The van der Waals surface area contributed by atoms with Gasteiger partial charge in [-0.1, -0.05) is 12.1 Å². The Morgan fingerprint density at radius 1 is 0.868 bits per heavy atom. The molecule has 3 aromatic carbocycles. The van der Waals surface area contributed by atoms with Crippen LogP contribution >= 0.6 is 23.2 Å². The number of azo groups is 1. The van der Waals surface area contributed by atoms with Crippen LogP contribution in [0.5, 0.6) is 5.75 Å². The first-order valence-electron chi connectivity index (χ1n) is 10.2. The number of benzene rings is 3. The van der Waals surface area contributed by atoms with Crippen molar-refractivity contribution in [2.75, 3.05) is 12.4 Å². The van der Waals surface area contributed by atoms with Gasteiger partial charge in [-0.3, -0.25) is 9.11 Å².